The molecule has 0 saturated carbocycles. The molecule has 2 aromatic carbocycles. The van der Waals surface area contributed by atoms with Crippen LogP contribution in [0.25, 0.3) is 11.1 Å². The van der Waals surface area contributed by atoms with Gasteiger partial charge in [-0.25, -0.2) is 0 Å². The Labute approximate surface area is 101 Å². The van der Waals surface area contributed by atoms with E-state index in [1.54, 1.807) is 0 Å². The van der Waals surface area contributed by atoms with Crippen molar-refractivity contribution in [3.63, 3.8) is 0 Å². The highest BCUT2D eigenvalue weighted by molar-refractivity contribution is 5.71. The monoisotopic (exact) mass is 228 g/mol. The Bertz CT molecular complexity index is 479. The average Bonchev–Trinajstić information content (AvgIpc) is 2.38. The topological polar surface area (TPSA) is 40.5 Å². The van der Waals surface area contributed by atoms with Crippen molar-refractivity contribution >= 4 is 0 Å². The molecule has 0 aromatic heterocycles. The van der Waals surface area contributed by atoms with E-state index in [2.05, 4.69) is 0 Å². The van der Waals surface area contributed by atoms with E-state index in [-0.39, 0.29) is 13.2 Å². The van der Waals surface area contributed by atoms with Crippen molar-refractivity contribution in [3.8, 4) is 11.1 Å². The van der Waals surface area contributed by atoms with E-state index in [0.29, 0.717) is 0 Å². The summed E-state index contributed by atoms with van der Waals surface area (Å²) in [6, 6.07) is 13.8. The van der Waals surface area contributed by atoms with E-state index in [0.717, 1.165) is 27.8 Å². The van der Waals surface area contributed by atoms with E-state index in [1.165, 1.54) is 0 Å². The molecule has 2 heteroatoms. The molecule has 17 heavy (non-hydrogen) atoms. The molecule has 2 N–H and O–H groups in total. The first kappa shape index (κ1) is 11.8. The minimum atomic E-state index is -0.0150. The van der Waals surface area contributed by atoms with E-state index < -0.39 is 0 Å². The van der Waals surface area contributed by atoms with Crippen LogP contribution < -0.4 is 0 Å². The molecule has 0 heterocycles. The van der Waals surface area contributed by atoms with Gasteiger partial charge in [-0.05, 0) is 29.2 Å². The Hall–Kier alpha value is -1.64. The van der Waals surface area contributed by atoms with Crippen LogP contribution in [0.2, 0.25) is 0 Å². The SMILES string of the molecule is Cc1cc(CO)c(-c2ccccc2)c(CO)c1. The number of rotatable bonds is 3. The maximum Gasteiger partial charge on any atom is 0.0688 e. The lowest BCUT2D eigenvalue weighted by molar-refractivity contribution is 0.276. The van der Waals surface area contributed by atoms with Gasteiger partial charge in [-0.3, -0.25) is 0 Å². The predicted octanol–water partition coefficient (Wildman–Crippen LogP) is 2.65. The highest BCUT2D eigenvalue weighted by atomic mass is 16.3. The van der Waals surface area contributed by atoms with Crippen molar-refractivity contribution < 1.29 is 10.2 Å². The molecule has 0 radical (unpaired) electrons. The van der Waals surface area contributed by atoms with Crippen LogP contribution in [0.5, 0.6) is 0 Å². The molecule has 0 bridgehead atoms. The molecule has 0 unspecified atom stereocenters. The van der Waals surface area contributed by atoms with Crippen LogP contribution in [0.3, 0.4) is 0 Å². The first-order valence-corrected chi connectivity index (χ1v) is 5.65. The first-order chi connectivity index (χ1) is 8.26. The van der Waals surface area contributed by atoms with Gasteiger partial charge in [0.05, 0.1) is 13.2 Å². The van der Waals surface area contributed by atoms with Gasteiger partial charge >= 0.3 is 0 Å². The Kier molecular flexibility index (Phi) is 3.57. The smallest absolute Gasteiger partial charge is 0.0688 e. The Balaban J connectivity index is 2.66. The third-order valence-corrected chi connectivity index (χ3v) is 2.85. The molecule has 0 saturated heterocycles. The van der Waals surface area contributed by atoms with E-state index in [1.807, 2.05) is 49.4 Å². The maximum absolute atomic E-state index is 9.44. The lowest BCUT2D eigenvalue weighted by atomic mass is 9.93. The van der Waals surface area contributed by atoms with Crippen molar-refractivity contribution in [1.82, 2.24) is 0 Å². The number of benzene rings is 2. The fraction of sp³-hybridized carbons (Fsp3) is 0.200. The van der Waals surface area contributed by atoms with Gasteiger partial charge in [0.15, 0.2) is 0 Å². The third-order valence-electron chi connectivity index (χ3n) is 2.85. The second-order valence-corrected chi connectivity index (χ2v) is 4.14. The minimum absolute atomic E-state index is 0.0150. The second kappa shape index (κ2) is 5.13. The third kappa shape index (κ3) is 2.38. The fourth-order valence-corrected chi connectivity index (χ4v) is 2.17. The van der Waals surface area contributed by atoms with Gasteiger partial charge < -0.3 is 10.2 Å². The van der Waals surface area contributed by atoms with Crippen molar-refractivity contribution in [1.29, 1.82) is 0 Å². The Morgan fingerprint density at radius 2 is 1.41 bits per heavy atom. The molecule has 0 aliphatic heterocycles. The van der Waals surface area contributed by atoms with Crippen LogP contribution in [0.15, 0.2) is 42.5 Å². The quantitative estimate of drug-likeness (QED) is 0.847. The summed E-state index contributed by atoms with van der Waals surface area (Å²) < 4.78 is 0. The molecule has 0 aliphatic rings. The molecule has 2 nitrogen and oxygen atoms in total. The highest BCUT2D eigenvalue weighted by Crippen LogP contribution is 2.29. The zero-order chi connectivity index (χ0) is 12.3. The summed E-state index contributed by atoms with van der Waals surface area (Å²) >= 11 is 0. The van der Waals surface area contributed by atoms with E-state index in [9.17, 15) is 10.2 Å². The van der Waals surface area contributed by atoms with Crippen LogP contribution in [-0.4, -0.2) is 10.2 Å². The zero-order valence-electron chi connectivity index (χ0n) is 9.85. The Morgan fingerprint density at radius 1 is 0.882 bits per heavy atom. The molecule has 0 spiro atoms. The van der Waals surface area contributed by atoms with E-state index >= 15 is 0 Å². The van der Waals surface area contributed by atoms with Gasteiger partial charge in [0.25, 0.3) is 0 Å². The summed E-state index contributed by atoms with van der Waals surface area (Å²) in [5.41, 5.74) is 4.75. The van der Waals surface area contributed by atoms with Crippen molar-refractivity contribution in [3.05, 3.63) is 59.2 Å². The normalized spacial score (nSPS) is 10.5. The summed E-state index contributed by atoms with van der Waals surface area (Å²) in [4.78, 5) is 0. The van der Waals surface area contributed by atoms with Gasteiger partial charge in [0.1, 0.15) is 0 Å². The summed E-state index contributed by atoms with van der Waals surface area (Å²) in [6.45, 7) is 1.94. The zero-order valence-corrected chi connectivity index (χ0v) is 9.85. The van der Waals surface area contributed by atoms with Gasteiger partial charge in [-0.15, -0.1) is 0 Å². The van der Waals surface area contributed by atoms with Crippen LogP contribution in [0.4, 0.5) is 0 Å². The lowest BCUT2D eigenvalue weighted by Crippen LogP contribution is -1.97. The summed E-state index contributed by atoms with van der Waals surface area (Å²) in [5.74, 6) is 0. The van der Waals surface area contributed by atoms with Gasteiger partial charge in [-0.1, -0.05) is 48.0 Å². The minimum Gasteiger partial charge on any atom is -0.392 e. The Morgan fingerprint density at radius 3 is 1.88 bits per heavy atom. The van der Waals surface area contributed by atoms with Crippen molar-refractivity contribution in [2.75, 3.05) is 0 Å². The van der Waals surface area contributed by atoms with Crippen molar-refractivity contribution in [2.45, 2.75) is 20.1 Å². The number of aliphatic hydroxyl groups excluding tert-OH is 2. The van der Waals surface area contributed by atoms with Crippen molar-refractivity contribution in [2.24, 2.45) is 0 Å². The molecule has 0 atom stereocenters. The molecule has 0 fully saturated rings. The standard InChI is InChI=1S/C15H16O2/c1-11-7-13(9-16)15(14(8-11)10-17)12-5-3-2-4-6-12/h2-8,16-17H,9-10H2,1H3. The molecular formula is C15H16O2. The van der Waals surface area contributed by atoms with Gasteiger partial charge in [-0.2, -0.15) is 0 Å². The first-order valence-electron chi connectivity index (χ1n) is 5.65. The second-order valence-electron chi connectivity index (χ2n) is 4.14. The number of aliphatic hydroxyl groups is 2. The molecule has 0 aliphatic carbocycles. The number of hydrogen-bond donors (Lipinski definition) is 2. The average molecular weight is 228 g/mol. The van der Waals surface area contributed by atoms with E-state index in [4.69, 9.17) is 0 Å². The van der Waals surface area contributed by atoms with Gasteiger partial charge in [0.2, 0.25) is 0 Å². The summed E-state index contributed by atoms with van der Waals surface area (Å²) in [6.07, 6.45) is 0. The van der Waals surface area contributed by atoms with Crippen LogP contribution >= 0.6 is 0 Å². The number of hydrogen-bond acceptors (Lipinski definition) is 2. The maximum atomic E-state index is 9.44. The fourth-order valence-electron chi connectivity index (χ4n) is 2.17. The largest absolute Gasteiger partial charge is 0.392 e. The summed E-state index contributed by atoms with van der Waals surface area (Å²) in [7, 11) is 0. The molecule has 2 rings (SSSR count). The molecule has 2 aromatic rings. The van der Waals surface area contributed by atoms with Crippen LogP contribution in [0.1, 0.15) is 16.7 Å². The lowest BCUT2D eigenvalue weighted by Gasteiger charge is -2.14. The van der Waals surface area contributed by atoms with Crippen LogP contribution in [0, 0.1) is 6.92 Å². The highest BCUT2D eigenvalue weighted by Gasteiger charge is 2.10. The molecule has 0 amide bonds. The predicted molar refractivity (Wildman–Crippen MR) is 68.5 cm³/mol. The molecular weight excluding hydrogens is 212 g/mol. The number of aryl methyl sites for hydroxylation is 1. The summed E-state index contributed by atoms with van der Waals surface area (Å²) in [5, 5.41) is 18.9. The molecule has 88 valence electrons. The van der Waals surface area contributed by atoms with Gasteiger partial charge in [0, 0.05) is 0 Å². The van der Waals surface area contributed by atoms with Crippen LogP contribution in [-0.2, 0) is 13.2 Å².